The molecule has 0 saturated carbocycles. The number of rotatable bonds is 6. The molecule has 4 nitrogen and oxygen atoms in total. The van der Waals surface area contributed by atoms with Gasteiger partial charge in [0.2, 0.25) is 0 Å². The second-order valence-electron chi connectivity index (χ2n) is 5.86. The van der Waals surface area contributed by atoms with Gasteiger partial charge in [-0.25, -0.2) is 0 Å². The third-order valence-electron chi connectivity index (χ3n) is 3.97. The van der Waals surface area contributed by atoms with Crippen LogP contribution in [0.4, 0.5) is 0 Å². The van der Waals surface area contributed by atoms with Gasteiger partial charge in [-0.2, -0.15) is 0 Å². The van der Waals surface area contributed by atoms with Gasteiger partial charge in [-0.1, -0.05) is 41.9 Å². The Bertz CT molecular complexity index is 895. The number of aromatic nitrogens is 1. The monoisotopic (exact) mass is 366 g/mol. The number of nitrogens with zero attached hydrogens (tertiary/aromatic N) is 1. The topological polar surface area (TPSA) is 51.2 Å². The first-order chi connectivity index (χ1) is 12.6. The van der Waals surface area contributed by atoms with Crippen molar-refractivity contribution < 1.29 is 9.53 Å². The average Bonchev–Trinajstić information content (AvgIpc) is 2.67. The van der Waals surface area contributed by atoms with E-state index in [1.165, 1.54) is 0 Å². The Balaban J connectivity index is 1.67. The number of ether oxygens (including phenoxy) is 1. The highest BCUT2D eigenvalue weighted by Gasteiger charge is 2.12. The number of amides is 1. The standard InChI is InChI=1S/C21H19ClN2O2/c1-15-5-4-12-23-19(15)13-24-21(25)18-6-2-3-7-20(18)26-14-16-8-10-17(22)11-9-16/h2-12H,13-14H2,1H3,(H,24,25). The highest BCUT2D eigenvalue weighted by atomic mass is 35.5. The molecule has 0 aliphatic heterocycles. The molecule has 2 aromatic carbocycles. The number of aryl methyl sites for hydroxylation is 1. The molecule has 0 aliphatic rings. The lowest BCUT2D eigenvalue weighted by molar-refractivity contribution is 0.0946. The number of nitrogens with one attached hydrogen (secondary N) is 1. The van der Waals surface area contributed by atoms with Crippen molar-refractivity contribution >= 4 is 17.5 Å². The van der Waals surface area contributed by atoms with E-state index >= 15 is 0 Å². The van der Waals surface area contributed by atoms with Crippen molar-refractivity contribution in [1.82, 2.24) is 10.3 Å². The largest absolute Gasteiger partial charge is 0.488 e. The molecule has 5 heteroatoms. The number of pyridine rings is 1. The molecule has 26 heavy (non-hydrogen) atoms. The zero-order chi connectivity index (χ0) is 18.4. The minimum Gasteiger partial charge on any atom is -0.488 e. The van der Waals surface area contributed by atoms with E-state index in [9.17, 15) is 4.79 Å². The van der Waals surface area contributed by atoms with Gasteiger partial charge >= 0.3 is 0 Å². The second kappa shape index (κ2) is 8.50. The molecule has 1 amide bonds. The fourth-order valence-electron chi connectivity index (χ4n) is 2.48. The summed E-state index contributed by atoms with van der Waals surface area (Å²) in [5, 5.41) is 3.58. The maximum Gasteiger partial charge on any atom is 0.255 e. The van der Waals surface area contributed by atoms with Crippen molar-refractivity contribution in [2.75, 3.05) is 0 Å². The first-order valence-electron chi connectivity index (χ1n) is 8.28. The first kappa shape index (κ1) is 18.0. The van der Waals surface area contributed by atoms with Crippen molar-refractivity contribution in [3.05, 3.63) is 94.3 Å². The van der Waals surface area contributed by atoms with Gasteiger partial charge in [-0.15, -0.1) is 0 Å². The van der Waals surface area contributed by atoms with Crippen LogP contribution in [0.5, 0.6) is 5.75 Å². The Kier molecular flexibility index (Phi) is 5.87. The molecule has 0 radical (unpaired) electrons. The second-order valence-corrected chi connectivity index (χ2v) is 6.30. The van der Waals surface area contributed by atoms with E-state index in [-0.39, 0.29) is 5.91 Å². The molecule has 3 aromatic rings. The van der Waals surface area contributed by atoms with Crippen molar-refractivity contribution in [2.45, 2.75) is 20.1 Å². The van der Waals surface area contributed by atoms with Crippen LogP contribution in [0, 0.1) is 6.92 Å². The fraction of sp³-hybridized carbons (Fsp3) is 0.143. The minimum absolute atomic E-state index is 0.193. The van der Waals surface area contributed by atoms with Crippen LogP contribution in [-0.2, 0) is 13.2 Å². The normalized spacial score (nSPS) is 10.4. The summed E-state index contributed by atoms with van der Waals surface area (Å²) >= 11 is 5.89. The van der Waals surface area contributed by atoms with E-state index in [0.29, 0.717) is 29.5 Å². The highest BCUT2D eigenvalue weighted by molar-refractivity contribution is 6.30. The highest BCUT2D eigenvalue weighted by Crippen LogP contribution is 2.20. The van der Waals surface area contributed by atoms with E-state index in [4.69, 9.17) is 16.3 Å². The van der Waals surface area contributed by atoms with Gasteiger partial charge in [0.1, 0.15) is 12.4 Å². The molecular weight excluding hydrogens is 348 g/mol. The summed E-state index contributed by atoms with van der Waals surface area (Å²) in [5.41, 5.74) is 3.37. The summed E-state index contributed by atoms with van der Waals surface area (Å²) in [4.78, 5) is 16.9. The van der Waals surface area contributed by atoms with Crippen LogP contribution in [0.3, 0.4) is 0 Å². The maximum absolute atomic E-state index is 12.6. The van der Waals surface area contributed by atoms with E-state index in [2.05, 4.69) is 10.3 Å². The van der Waals surface area contributed by atoms with Crippen LogP contribution >= 0.6 is 11.6 Å². The lowest BCUT2D eigenvalue weighted by Gasteiger charge is -2.12. The quantitative estimate of drug-likeness (QED) is 0.696. The maximum atomic E-state index is 12.6. The van der Waals surface area contributed by atoms with Crippen LogP contribution in [0.25, 0.3) is 0 Å². The summed E-state index contributed by atoms with van der Waals surface area (Å²) in [6, 6.07) is 18.5. The summed E-state index contributed by atoms with van der Waals surface area (Å²) in [7, 11) is 0. The Morgan fingerprint density at radius 1 is 1.08 bits per heavy atom. The molecule has 0 fully saturated rings. The zero-order valence-electron chi connectivity index (χ0n) is 14.4. The Labute approximate surface area is 157 Å². The van der Waals surface area contributed by atoms with Crippen LogP contribution in [0.1, 0.15) is 27.2 Å². The van der Waals surface area contributed by atoms with Crippen molar-refractivity contribution in [3.8, 4) is 5.75 Å². The molecule has 3 rings (SSSR count). The summed E-state index contributed by atoms with van der Waals surface area (Å²) < 4.78 is 5.84. The zero-order valence-corrected chi connectivity index (χ0v) is 15.2. The third-order valence-corrected chi connectivity index (χ3v) is 4.23. The molecule has 0 unspecified atom stereocenters. The molecule has 0 atom stereocenters. The van der Waals surface area contributed by atoms with Crippen molar-refractivity contribution in [3.63, 3.8) is 0 Å². The number of para-hydroxylation sites is 1. The number of halogens is 1. The molecule has 0 aliphatic carbocycles. The number of carbonyl (C=O) groups excluding carboxylic acids is 1. The number of benzene rings is 2. The minimum atomic E-state index is -0.193. The van der Waals surface area contributed by atoms with Gasteiger partial charge in [0.05, 0.1) is 17.8 Å². The Hall–Kier alpha value is -2.85. The van der Waals surface area contributed by atoms with Crippen molar-refractivity contribution in [1.29, 1.82) is 0 Å². The van der Waals surface area contributed by atoms with E-state index in [1.807, 2.05) is 55.5 Å². The molecule has 0 spiro atoms. The summed E-state index contributed by atoms with van der Waals surface area (Å²) in [5.74, 6) is 0.347. The van der Waals surface area contributed by atoms with Gasteiger partial charge in [-0.05, 0) is 48.4 Å². The first-order valence-corrected chi connectivity index (χ1v) is 8.66. The lowest BCUT2D eigenvalue weighted by Crippen LogP contribution is -2.24. The van der Waals surface area contributed by atoms with Crippen LogP contribution in [0.15, 0.2) is 66.9 Å². The van der Waals surface area contributed by atoms with Crippen LogP contribution in [-0.4, -0.2) is 10.9 Å². The molecular formula is C21H19ClN2O2. The molecule has 0 bridgehead atoms. The van der Waals surface area contributed by atoms with E-state index in [0.717, 1.165) is 16.8 Å². The summed E-state index contributed by atoms with van der Waals surface area (Å²) in [6.45, 7) is 2.70. The van der Waals surface area contributed by atoms with Gasteiger partial charge in [-0.3, -0.25) is 9.78 Å². The average molecular weight is 367 g/mol. The van der Waals surface area contributed by atoms with E-state index < -0.39 is 0 Å². The van der Waals surface area contributed by atoms with Gasteiger partial charge < -0.3 is 10.1 Å². The predicted octanol–water partition coefficient (Wildman–Crippen LogP) is 4.55. The van der Waals surface area contributed by atoms with E-state index in [1.54, 1.807) is 18.3 Å². The Morgan fingerprint density at radius 3 is 2.62 bits per heavy atom. The smallest absolute Gasteiger partial charge is 0.255 e. The molecule has 1 N–H and O–H groups in total. The number of hydrogen-bond donors (Lipinski definition) is 1. The van der Waals surface area contributed by atoms with Gasteiger partial charge in [0, 0.05) is 11.2 Å². The molecule has 132 valence electrons. The van der Waals surface area contributed by atoms with Gasteiger partial charge in [0.15, 0.2) is 0 Å². The fourth-order valence-corrected chi connectivity index (χ4v) is 2.61. The molecule has 0 saturated heterocycles. The van der Waals surface area contributed by atoms with Crippen LogP contribution < -0.4 is 10.1 Å². The van der Waals surface area contributed by atoms with Crippen LogP contribution in [0.2, 0.25) is 5.02 Å². The SMILES string of the molecule is Cc1cccnc1CNC(=O)c1ccccc1OCc1ccc(Cl)cc1. The molecule has 1 aromatic heterocycles. The summed E-state index contributed by atoms with van der Waals surface area (Å²) in [6.07, 6.45) is 1.72. The third kappa shape index (κ3) is 4.61. The number of hydrogen-bond acceptors (Lipinski definition) is 3. The van der Waals surface area contributed by atoms with Gasteiger partial charge in [0.25, 0.3) is 5.91 Å². The predicted molar refractivity (Wildman–Crippen MR) is 102 cm³/mol. The Morgan fingerprint density at radius 2 is 1.85 bits per heavy atom. The lowest BCUT2D eigenvalue weighted by atomic mass is 10.1. The van der Waals surface area contributed by atoms with Crippen molar-refractivity contribution in [2.24, 2.45) is 0 Å². The number of carbonyl (C=O) groups is 1. The molecule has 1 heterocycles.